The number of aromatic nitrogens is 2. The molecule has 3 nitrogen and oxygen atoms in total. The van der Waals surface area contributed by atoms with Gasteiger partial charge in [-0.2, -0.15) is 11.8 Å². The predicted molar refractivity (Wildman–Crippen MR) is 63.9 cm³/mol. The van der Waals surface area contributed by atoms with Crippen LogP contribution in [-0.2, 0) is 18.8 Å². The second kappa shape index (κ2) is 4.49. The third kappa shape index (κ3) is 2.16. The molecule has 15 heavy (non-hydrogen) atoms. The lowest BCUT2D eigenvalue weighted by Gasteiger charge is -2.11. The van der Waals surface area contributed by atoms with Crippen molar-refractivity contribution in [2.75, 3.05) is 6.26 Å². The Labute approximate surface area is 95.1 Å². The molecule has 0 saturated carbocycles. The first-order valence-electron chi connectivity index (χ1n) is 5.30. The van der Waals surface area contributed by atoms with Crippen LogP contribution in [0.1, 0.15) is 42.5 Å². The minimum atomic E-state index is 0.488. The highest BCUT2D eigenvalue weighted by atomic mass is 32.2. The Balaban J connectivity index is 2.43. The van der Waals surface area contributed by atoms with Crippen molar-refractivity contribution in [3.8, 4) is 0 Å². The van der Waals surface area contributed by atoms with E-state index in [1.165, 1.54) is 17.0 Å². The first kappa shape index (κ1) is 10.9. The summed E-state index contributed by atoms with van der Waals surface area (Å²) in [5, 5.41) is 3.34. The van der Waals surface area contributed by atoms with Crippen LogP contribution < -0.4 is 5.32 Å². The Hall–Kier alpha value is -0.610. The second-order valence-corrected chi connectivity index (χ2v) is 5.01. The van der Waals surface area contributed by atoms with Crippen LogP contribution in [0.4, 0.5) is 0 Å². The summed E-state index contributed by atoms with van der Waals surface area (Å²) < 4.78 is 0. The molecule has 0 radical (unpaired) electrons. The van der Waals surface area contributed by atoms with Crippen LogP contribution in [0.25, 0.3) is 0 Å². The molecule has 1 aromatic rings. The largest absolute Gasteiger partial charge is 0.307 e. The zero-order chi connectivity index (χ0) is 10.8. The van der Waals surface area contributed by atoms with E-state index < -0.39 is 0 Å². The summed E-state index contributed by atoms with van der Waals surface area (Å²) in [6.45, 7) is 6.23. The average molecular weight is 223 g/mol. The number of hydrogen-bond acceptors (Lipinski definition) is 4. The van der Waals surface area contributed by atoms with E-state index in [4.69, 9.17) is 0 Å². The molecule has 2 heterocycles. The summed E-state index contributed by atoms with van der Waals surface area (Å²) in [7, 11) is 0. The van der Waals surface area contributed by atoms with Gasteiger partial charge in [-0.3, -0.25) is 0 Å². The molecule has 1 N–H and O–H groups in total. The lowest BCUT2D eigenvalue weighted by molar-refractivity contribution is 0.746. The summed E-state index contributed by atoms with van der Waals surface area (Å²) in [5.74, 6) is 2.38. The molecule has 4 heteroatoms. The second-order valence-electron chi connectivity index (χ2n) is 4.14. The van der Waals surface area contributed by atoms with Gasteiger partial charge in [-0.05, 0) is 12.2 Å². The monoisotopic (exact) mass is 223 g/mol. The molecule has 2 rings (SSSR count). The zero-order valence-electron chi connectivity index (χ0n) is 9.50. The summed E-state index contributed by atoms with van der Waals surface area (Å²) in [6, 6.07) is 0. The fraction of sp³-hybridized carbons (Fsp3) is 0.636. The van der Waals surface area contributed by atoms with E-state index in [0.717, 1.165) is 24.7 Å². The van der Waals surface area contributed by atoms with Gasteiger partial charge in [-0.15, -0.1) is 0 Å². The van der Waals surface area contributed by atoms with Crippen LogP contribution in [0.15, 0.2) is 0 Å². The highest BCUT2D eigenvalue weighted by Crippen LogP contribution is 2.24. The number of fused-ring (bicyclic) bond motifs is 1. The van der Waals surface area contributed by atoms with Gasteiger partial charge in [-0.1, -0.05) is 13.8 Å². The predicted octanol–water partition coefficient (Wildman–Crippen LogP) is 2.07. The molecule has 0 unspecified atom stereocenters. The van der Waals surface area contributed by atoms with Crippen LogP contribution in [0.5, 0.6) is 0 Å². The number of nitrogens with one attached hydrogen (secondary N) is 1. The van der Waals surface area contributed by atoms with E-state index in [1.54, 1.807) is 11.8 Å². The van der Waals surface area contributed by atoms with Crippen molar-refractivity contribution in [1.82, 2.24) is 15.3 Å². The van der Waals surface area contributed by atoms with Gasteiger partial charge in [0.15, 0.2) is 0 Å². The van der Waals surface area contributed by atoms with Gasteiger partial charge in [0.1, 0.15) is 5.82 Å². The molecule has 0 aromatic carbocycles. The van der Waals surface area contributed by atoms with Crippen LogP contribution >= 0.6 is 11.8 Å². The van der Waals surface area contributed by atoms with E-state index >= 15 is 0 Å². The molecule has 1 aliphatic rings. The van der Waals surface area contributed by atoms with Gasteiger partial charge in [0.25, 0.3) is 0 Å². The van der Waals surface area contributed by atoms with Gasteiger partial charge in [0.2, 0.25) is 0 Å². The first-order valence-corrected chi connectivity index (χ1v) is 6.70. The normalized spacial score (nSPS) is 14.7. The number of thioether (sulfide) groups is 1. The van der Waals surface area contributed by atoms with Crippen molar-refractivity contribution < 1.29 is 0 Å². The van der Waals surface area contributed by atoms with Crippen molar-refractivity contribution >= 4 is 11.8 Å². The Morgan fingerprint density at radius 1 is 1.33 bits per heavy atom. The molecule has 82 valence electrons. The highest BCUT2D eigenvalue weighted by molar-refractivity contribution is 7.97. The molecule has 0 amide bonds. The minimum absolute atomic E-state index is 0.488. The minimum Gasteiger partial charge on any atom is -0.307 e. The SMILES string of the molecule is CSCc1nc2c(c(C(C)C)n1)CNC2. The molecule has 0 aliphatic carbocycles. The van der Waals surface area contributed by atoms with Crippen LogP contribution in [-0.4, -0.2) is 16.2 Å². The van der Waals surface area contributed by atoms with Crippen LogP contribution in [0.3, 0.4) is 0 Å². The first-order chi connectivity index (χ1) is 7.22. The third-order valence-electron chi connectivity index (χ3n) is 2.59. The summed E-state index contributed by atoms with van der Waals surface area (Å²) in [5.41, 5.74) is 3.77. The van der Waals surface area contributed by atoms with E-state index in [1.807, 2.05) is 0 Å². The molecule has 1 aliphatic heterocycles. The fourth-order valence-corrected chi connectivity index (χ4v) is 2.31. The zero-order valence-corrected chi connectivity index (χ0v) is 10.3. The van der Waals surface area contributed by atoms with Crippen molar-refractivity contribution in [2.24, 2.45) is 0 Å². The Kier molecular flexibility index (Phi) is 3.26. The number of rotatable bonds is 3. The van der Waals surface area contributed by atoms with Crippen molar-refractivity contribution in [3.05, 3.63) is 22.8 Å². The lowest BCUT2D eigenvalue weighted by atomic mass is 10.0. The van der Waals surface area contributed by atoms with Crippen molar-refractivity contribution in [2.45, 2.75) is 38.6 Å². The van der Waals surface area contributed by atoms with Gasteiger partial charge in [0.05, 0.1) is 17.1 Å². The van der Waals surface area contributed by atoms with Gasteiger partial charge in [0, 0.05) is 18.7 Å². The van der Waals surface area contributed by atoms with E-state index in [0.29, 0.717) is 5.92 Å². The lowest BCUT2D eigenvalue weighted by Crippen LogP contribution is -2.06. The average Bonchev–Trinajstić information content (AvgIpc) is 2.64. The number of nitrogens with zero attached hydrogens (tertiary/aromatic N) is 2. The Morgan fingerprint density at radius 2 is 2.13 bits per heavy atom. The van der Waals surface area contributed by atoms with Gasteiger partial charge >= 0.3 is 0 Å². The summed E-state index contributed by atoms with van der Waals surface area (Å²) >= 11 is 1.78. The van der Waals surface area contributed by atoms with Crippen molar-refractivity contribution in [3.63, 3.8) is 0 Å². The number of hydrogen-bond donors (Lipinski definition) is 1. The molecular weight excluding hydrogens is 206 g/mol. The quantitative estimate of drug-likeness (QED) is 0.851. The third-order valence-corrected chi connectivity index (χ3v) is 3.13. The molecular formula is C11H17N3S. The van der Waals surface area contributed by atoms with Crippen LogP contribution in [0, 0.1) is 0 Å². The standard InChI is InChI=1S/C11H17N3S/c1-7(2)11-8-4-12-5-9(8)13-10(14-11)6-15-3/h7,12H,4-6H2,1-3H3. The Bertz CT molecular complexity index is 363. The van der Waals surface area contributed by atoms with E-state index in [-0.39, 0.29) is 0 Å². The summed E-state index contributed by atoms with van der Waals surface area (Å²) in [4.78, 5) is 9.25. The maximum atomic E-state index is 4.66. The van der Waals surface area contributed by atoms with Gasteiger partial charge < -0.3 is 5.32 Å². The topological polar surface area (TPSA) is 37.8 Å². The summed E-state index contributed by atoms with van der Waals surface area (Å²) in [6.07, 6.45) is 2.09. The maximum absolute atomic E-state index is 4.66. The smallest absolute Gasteiger partial charge is 0.138 e. The van der Waals surface area contributed by atoms with Crippen LogP contribution in [0.2, 0.25) is 0 Å². The van der Waals surface area contributed by atoms with Gasteiger partial charge in [-0.25, -0.2) is 9.97 Å². The fourth-order valence-electron chi connectivity index (χ4n) is 1.92. The Morgan fingerprint density at radius 3 is 2.80 bits per heavy atom. The van der Waals surface area contributed by atoms with E-state index in [2.05, 4.69) is 35.4 Å². The maximum Gasteiger partial charge on any atom is 0.138 e. The highest BCUT2D eigenvalue weighted by Gasteiger charge is 2.20. The van der Waals surface area contributed by atoms with Crippen molar-refractivity contribution in [1.29, 1.82) is 0 Å². The molecule has 1 aromatic heterocycles. The van der Waals surface area contributed by atoms with E-state index in [9.17, 15) is 0 Å². The molecule has 0 atom stereocenters. The molecule has 0 spiro atoms. The molecule has 0 fully saturated rings. The molecule has 0 saturated heterocycles. The molecule has 0 bridgehead atoms.